The summed E-state index contributed by atoms with van der Waals surface area (Å²) in [6, 6.07) is 6.07. The van der Waals surface area contributed by atoms with Gasteiger partial charge in [0.05, 0.1) is 5.69 Å². The lowest BCUT2D eigenvalue weighted by molar-refractivity contribution is 0.311. The molecule has 0 spiro atoms. The van der Waals surface area contributed by atoms with Gasteiger partial charge in [0.1, 0.15) is 11.7 Å². The van der Waals surface area contributed by atoms with Crippen LogP contribution in [0.15, 0.2) is 47.2 Å². The molecule has 34 heavy (non-hydrogen) atoms. The average Bonchev–Trinajstić information content (AvgIpc) is 3.72. The highest BCUT2D eigenvalue weighted by Gasteiger charge is 2.30. The molecule has 1 N–H and O–H groups in total. The first-order valence-electron chi connectivity index (χ1n) is 12.5. The van der Waals surface area contributed by atoms with E-state index >= 15 is 0 Å². The molecule has 0 aromatic carbocycles. The predicted octanol–water partition coefficient (Wildman–Crippen LogP) is 3.62. The van der Waals surface area contributed by atoms with Gasteiger partial charge in [-0.25, -0.2) is 0 Å². The van der Waals surface area contributed by atoms with Crippen molar-refractivity contribution in [1.29, 1.82) is 0 Å². The zero-order chi connectivity index (χ0) is 23.5. The van der Waals surface area contributed by atoms with Crippen molar-refractivity contribution in [1.82, 2.24) is 30.2 Å². The monoisotopic (exact) mass is 458 g/mol. The minimum Gasteiger partial charge on any atom is -0.344 e. The molecule has 0 radical (unpaired) electrons. The number of rotatable bonds is 6. The summed E-state index contributed by atoms with van der Waals surface area (Å²) < 4.78 is 0. The molecule has 178 valence electrons. The van der Waals surface area contributed by atoms with Gasteiger partial charge in [0.25, 0.3) is 5.95 Å². The molecule has 2 aromatic heterocycles. The second-order valence-electron chi connectivity index (χ2n) is 9.34. The maximum Gasteiger partial charge on any atom is 0.256 e. The van der Waals surface area contributed by atoms with Crippen molar-refractivity contribution in [2.24, 2.45) is 16.8 Å². The van der Waals surface area contributed by atoms with Gasteiger partial charge in [-0.05, 0) is 56.0 Å². The average molecular weight is 459 g/mol. The summed E-state index contributed by atoms with van der Waals surface area (Å²) in [6.07, 6.45) is 10.6. The SMILES string of the molecule is CCc1nc(N=C2C=C(c3ccccn3)C(CC)C=C(C3CC3)N2)nc(N2CCN(C)CC2)n1. The second kappa shape index (κ2) is 10.0. The van der Waals surface area contributed by atoms with Gasteiger partial charge in [-0.15, -0.1) is 0 Å². The topological polar surface area (TPSA) is 82.4 Å². The molecule has 1 atom stereocenters. The number of nitrogens with zero attached hydrogens (tertiary/aromatic N) is 7. The largest absolute Gasteiger partial charge is 0.344 e. The summed E-state index contributed by atoms with van der Waals surface area (Å²) in [7, 11) is 2.15. The van der Waals surface area contributed by atoms with Crippen LogP contribution >= 0.6 is 0 Å². The minimum absolute atomic E-state index is 0.288. The Labute approximate surface area is 202 Å². The summed E-state index contributed by atoms with van der Waals surface area (Å²) in [6.45, 7) is 8.13. The predicted molar refractivity (Wildman–Crippen MR) is 136 cm³/mol. The fraction of sp³-hybridized carbons (Fsp3) is 0.500. The minimum atomic E-state index is 0.288. The number of likely N-dealkylation sites (N-methyl/N-ethyl adjacent to an activating group) is 1. The van der Waals surface area contributed by atoms with Gasteiger partial charge >= 0.3 is 0 Å². The van der Waals surface area contributed by atoms with Gasteiger partial charge in [0.2, 0.25) is 5.95 Å². The molecule has 2 aromatic rings. The lowest BCUT2D eigenvalue weighted by Crippen LogP contribution is -2.45. The Kier molecular flexibility index (Phi) is 6.67. The zero-order valence-electron chi connectivity index (χ0n) is 20.4. The number of allylic oxidation sites excluding steroid dienone is 3. The highest BCUT2D eigenvalue weighted by Crippen LogP contribution is 2.39. The lowest BCUT2D eigenvalue weighted by Gasteiger charge is -2.32. The van der Waals surface area contributed by atoms with Crippen LogP contribution in [-0.4, -0.2) is 63.9 Å². The van der Waals surface area contributed by atoms with Gasteiger partial charge in [-0.1, -0.05) is 26.0 Å². The van der Waals surface area contributed by atoms with Crippen LogP contribution in [0.5, 0.6) is 0 Å². The van der Waals surface area contributed by atoms with Crippen LogP contribution in [0.2, 0.25) is 0 Å². The number of hydrogen-bond acceptors (Lipinski definition) is 7. The van der Waals surface area contributed by atoms with E-state index in [1.165, 1.54) is 24.1 Å². The fourth-order valence-corrected chi connectivity index (χ4v) is 4.47. The standard InChI is InChI=1S/C26H34N8/c1-4-18-16-22(19-9-10-19)28-24(17-20(18)21-8-6-7-11-27-21)30-25-29-23(5-2)31-26(32-25)34-14-12-33(3)13-15-34/h6-8,11,16-19H,4-5,9-10,12-15H2,1-3H3,(H,28,29,30,31,32). The smallest absolute Gasteiger partial charge is 0.256 e. The van der Waals surface area contributed by atoms with Crippen molar-refractivity contribution in [3.8, 4) is 0 Å². The summed E-state index contributed by atoms with van der Waals surface area (Å²) in [4.78, 5) is 28.3. The van der Waals surface area contributed by atoms with E-state index in [2.05, 4.69) is 64.2 Å². The van der Waals surface area contributed by atoms with E-state index in [9.17, 15) is 0 Å². The van der Waals surface area contributed by atoms with Crippen molar-refractivity contribution in [2.45, 2.75) is 39.5 Å². The van der Waals surface area contributed by atoms with E-state index in [1.54, 1.807) is 0 Å². The summed E-state index contributed by atoms with van der Waals surface area (Å²) in [5.41, 5.74) is 3.42. The molecule has 5 rings (SSSR count). The first-order chi connectivity index (χ1) is 16.6. The van der Waals surface area contributed by atoms with Crippen molar-refractivity contribution < 1.29 is 0 Å². The van der Waals surface area contributed by atoms with E-state index in [4.69, 9.17) is 15.0 Å². The van der Waals surface area contributed by atoms with Crippen molar-refractivity contribution in [3.63, 3.8) is 0 Å². The highest BCUT2D eigenvalue weighted by molar-refractivity contribution is 6.02. The number of hydrogen-bond donors (Lipinski definition) is 1. The third-order valence-electron chi connectivity index (χ3n) is 6.74. The zero-order valence-corrected chi connectivity index (χ0v) is 20.4. The maximum absolute atomic E-state index is 4.92. The van der Waals surface area contributed by atoms with E-state index in [-0.39, 0.29) is 5.92 Å². The van der Waals surface area contributed by atoms with Gasteiger partial charge in [0, 0.05) is 50.4 Å². The van der Waals surface area contributed by atoms with Crippen molar-refractivity contribution in [3.05, 3.63) is 53.8 Å². The molecule has 1 saturated carbocycles. The Bertz CT molecular complexity index is 1100. The van der Waals surface area contributed by atoms with Crippen LogP contribution in [0.1, 0.15) is 44.6 Å². The van der Waals surface area contributed by atoms with Crippen LogP contribution in [0.25, 0.3) is 5.57 Å². The van der Waals surface area contributed by atoms with Gasteiger partial charge in [-0.2, -0.15) is 19.9 Å². The Morgan fingerprint density at radius 2 is 1.88 bits per heavy atom. The Morgan fingerprint density at radius 1 is 1.06 bits per heavy atom. The summed E-state index contributed by atoms with van der Waals surface area (Å²) >= 11 is 0. The van der Waals surface area contributed by atoms with E-state index in [0.717, 1.165) is 62.3 Å². The Balaban J connectivity index is 1.54. The number of aryl methyl sites for hydroxylation is 1. The van der Waals surface area contributed by atoms with E-state index in [1.807, 2.05) is 18.3 Å². The molecule has 1 unspecified atom stereocenters. The molecule has 2 aliphatic heterocycles. The first-order valence-corrected chi connectivity index (χ1v) is 12.5. The molecular formula is C26H34N8. The number of nitrogens with one attached hydrogen (secondary N) is 1. The molecule has 0 amide bonds. The summed E-state index contributed by atoms with van der Waals surface area (Å²) in [5, 5.41) is 3.62. The molecule has 0 bridgehead atoms. The van der Waals surface area contributed by atoms with Crippen LogP contribution in [-0.2, 0) is 6.42 Å². The van der Waals surface area contributed by atoms with Crippen LogP contribution in [0.4, 0.5) is 11.9 Å². The number of anilines is 1. The molecule has 1 saturated heterocycles. The van der Waals surface area contributed by atoms with Gasteiger partial charge < -0.3 is 15.1 Å². The van der Waals surface area contributed by atoms with E-state index in [0.29, 0.717) is 11.9 Å². The molecule has 4 heterocycles. The number of amidine groups is 1. The highest BCUT2D eigenvalue weighted by atomic mass is 15.3. The van der Waals surface area contributed by atoms with Crippen LogP contribution < -0.4 is 10.2 Å². The molecule has 8 nitrogen and oxygen atoms in total. The number of aromatic nitrogens is 4. The van der Waals surface area contributed by atoms with Crippen molar-refractivity contribution >= 4 is 23.3 Å². The number of pyridine rings is 1. The van der Waals surface area contributed by atoms with Crippen LogP contribution in [0.3, 0.4) is 0 Å². The number of piperazine rings is 1. The molecule has 1 aliphatic carbocycles. The maximum atomic E-state index is 4.92. The Morgan fingerprint density at radius 3 is 2.56 bits per heavy atom. The third kappa shape index (κ3) is 5.17. The quantitative estimate of drug-likeness (QED) is 0.708. The molecular weight excluding hydrogens is 424 g/mol. The van der Waals surface area contributed by atoms with Gasteiger partial charge in [-0.3, -0.25) is 4.98 Å². The molecule has 2 fully saturated rings. The Hall–Kier alpha value is -3.13. The van der Waals surface area contributed by atoms with Crippen LogP contribution in [0, 0.1) is 11.8 Å². The summed E-state index contributed by atoms with van der Waals surface area (Å²) in [5.74, 6) is 3.61. The molecule has 8 heteroatoms. The van der Waals surface area contributed by atoms with Crippen molar-refractivity contribution in [2.75, 3.05) is 38.1 Å². The fourth-order valence-electron chi connectivity index (χ4n) is 4.47. The second-order valence-corrected chi connectivity index (χ2v) is 9.34. The third-order valence-corrected chi connectivity index (χ3v) is 6.74. The first kappa shape index (κ1) is 22.7. The van der Waals surface area contributed by atoms with E-state index < -0.39 is 0 Å². The lowest BCUT2D eigenvalue weighted by atomic mass is 9.92. The normalized spacial score (nSPS) is 22.7. The number of aliphatic imine (C=N–C) groups is 1. The molecule has 3 aliphatic rings. The van der Waals surface area contributed by atoms with Gasteiger partial charge in [0.15, 0.2) is 0 Å².